The van der Waals surface area contributed by atoms with Crippen molar-refractivity contribution in [2.24, 2.45) is 5.41 Å². The first-order valence-electron chi connectivity index (χ1n) is 6.67. The molecule has 0 aromatic heterocycles. The Labute approximate surface area is 114 Å². The summed E-state index contributed by atoms with van der Waals surface area (Å²) >= 11 is 0. The second-order valence-electron chi connectivity index (χ2n) is 7.20. The Bertz CT molecular complexity index is 365. The van der Waals surface area contributed by atoms with E-state index in [1.165, 1.54) is 4.90 Å². The van der Waals surface area contributed by atoms with Crippen LogP contribution in [-0.2, 0) is 9.53 Å². The Balaban J connectivity index is 2.99. The first-order valence-corrected chi connectivity index (χ1v) is 6.67. The SMILES string of the molecule is CC(C)(C)OC(=O)N1[C@H](C(C)(C)C)CC[C@H]1C(=O)O. The van der Waals surface area contributed by atoms with Gasteiger partial charge in [0, 0.05) is 6.04 Å². The third-order valence-corrected chi connectivity index (χ3v) is 3.27. The molecule has 5 heteroatoms. The molecule has 0 spiro atoms. The van der Waals surface area contributed by atoms with Crippen molar-refractivity contribution in [3.05, 3.63) is 0 Å². The maximum absolute atomic E-state index is 12.3. The van der Waals surface area contributed by atoms with Crippen LogP contribution in [0.3, 0.4) is 0 Å². The van der Waals surface area contributed by atoms with Crippen molar-refractivity contribution >= 4 is 12.1 Å². The van der Waals surface area contributed by atoms with Crippen molar-refractivity contribution in [1.29, 1.82) is 0 Å². The molecular weight excluding hydrogens is 246 g/mol. The fraction of sp³-hybridized carbons (Fsp3) is 0.857. The van der Waals surface area contributed by atoms with Gasteiger partial charge in [-0.25, -0.2) is 9.59 Å². The first kappa shape index (κ1) is 15.8. The lowest BCUT2D eigenvalue weighted by Crippen LogP contribution is -2.51. The predicted molar refractivity (Wildman–Crippen MR) is 72.0 cm³/mol. The summed E-state index contributed by atoms with van der Waals surface area (Å²) < 4.78 is 5.35. The first-order chi connectivity index (χ1) is 8.43. The molecule has 110 valence electrons. The number of carboxylic acid groups (broad SMARTS) is 1. The van der Waals surface area contributed by atoms with Crippen molar-refractivity contribution in [2.75, 3.05) is 0 Å². The lowest BCUT2D eigenvalue weighted by atomic mass is 9.85. The molecule has 1 heterocycles. The zero-order valence-electron chi connectivity index (χ0n) is 12.7. The third kappa shape index (κ3) is 3.85. The summed E-state index contributed by atoms with van der Waals surface area (Å²) in [5.74, 6) is -0.961. The van der Waals surface area contributed by atoms with Gasteiger partial charge in [0.1, 0.15) is 11.6 Å². The van der Waals surface area contributed by atoms with Gasteiger partial charge in [0.2, 0.25) is 0 Å². The zero-order chi connectivity index (χ0) is 15.0. The van der Waals surface area contributed by atoms with Gasteiger partial charge in [0.05, 0.1) is 0 Å². The summed E-state index contributed by atoms with van der Waals surface area (Å²) in [6.07, 6.45) is 0.647. The summed E-state index contributed by atoms with van der Waals surface area (Å²) in [5, 5.41) is 9.26. The average Bonchev–Trinajstić information content (AvgIpc) is 2.57. The molecule has 0 aromatic carbocycles. The van der Waals surface area contributed by atoms with Crippen LogP contribution in [-0.4, -0.2) is 39.8 Å². The maximum atomic E-state index is 12.3. The van der Waals surface area contributed by atoms with Crippen LogP contribution in [0.2, 0.25) is 0 Å². The fourth-order valence-electron chi connectivity index (χ4n) is 2.47. The minimum absolute atomic E-state index is 0.108. The quantitative estimate of drug-likeness (QED) is 0.796. The summed E-state index contributed by atoms with van der Waals surface area (Å²) in [6.45, 7) is 11.4. The van der Waals surface area contributed by atoms with Crippen LogP contribution >= 0.6 is 0 Å². The maximum Gasteiger partial charge on any atom is 0.411 e. The van der Waals surface area contributed by atoms with Crippen LogP contribution in [0.15, 0.2) is 0 Å². The molecule has 0 unspecified atom stereocenters. The average molecular weight is 271 g/mol. The Hall–Kier alpha value is -1.26. The molecule has 1 saturated heterocycles. The monoisotopic (exact) mass is 271 g/mol. The van der Waals surface area contributed by atoms with E-state index in [1.54, 1.807) is 20.8 Å². The summed E-state index contributed by atoms with van der Waals surface area (Å²) in [5.41, 5.74) is -0.785. The van der Waals surface area contributed by atoms with E-state index < -0.39 is 23.7 Å². The van der Waals surface area contributed by atoms with Gasteiger partial charge in [-0.15, -0.1) is 0 Å². The number of likely N-dealkylation sites (tertiary alicyclic amines) is 1. The van der Waals surface area contributed by atoms with E-state index >= 15 is 0 Å². The van der Waals surface area contributed by atoms with Crippen LogP contribution < -0.4 is 0 Å². The molecule has 0 saturated carbocycles. The van der Waals surface area contributed by atoms with Crippen molar-refractivity contribution in [3.63, 3.8) is 0 Å². The molecule has 0 radical (unpaired) electrons. The van der Waals surface area contributed by atoms with E-state index in [-0.39, 0.29) is 11.5 Å². The van der Waals surface area contributed by atoms with Crippen molar-refractivity contribution in [3.8, 4) is 0 Å². The highest BCUT2D eigenvalue weighted by atomic mass is 16.6. The standard InChI is InChI=1S/C14H25NO4/c1-13(2,3)10-8-7-9(11(16)17)15(10)12(18)19-14(4,5)6/h9-10H,7-8H2,1-6H3,(H,16,17)/t9-,10-/m0/s1. The van der Waals surface area contributed by atoms with Gasteiger partial charge < -0.3 is 9.84 Å². The largest absolute Gasteiger partial charge is 0.480 e. The molecule has 0 aliphatic carbocycles. The van der Waals surface area contributed by atoms with Gasteiger partial charge in [-0.1, -0.05) is 20.8 Å². The smallest absolute Gasteiger partial charge is 0.411 e. The van der Waals surface area contributed by atoms with Crippen LogP contribution in [0, 0.1) is 5.41 Å². The highest BCUT2D eigenvalue weighted by Crippen LogP contribution is 2.37. The van der Waals surface area contributed by atoms with Crippen LogP contribution in [0.4, 0.5) is 4.79 Å². The number of carbonyl (C=O) groups excluding carboxylic acids is 1. The van der Waals surface area contributed by atoms with E-state index in [0.717, 1.165) is 0 Å². The van der Waals surface area contributed by atoms with Crippen molar-refractivity contribution in [2.45, 2.75) is 72.1 Å². The topological polar surface area (TPSA) is 66.8 Å². The Morgan fingerprint density at radius 1 is 1.11 bits per heavy atom. The van der Waals surface area contributed by atoms with E-state index in [1.807, 2.05) is 20.8 Å². The van der Waals surface area contributed by atoms with E-state index in [2.05, 4.69) is 0 Å². The van der Waals surface area contributed by atoms with Gasteiger partial charge >= 0.3 is 12.1 Å². The number of hydrogen-bond acceptors (Lipinski definition) is 3. The molecule has 1 rings (SSSR count). The minimum atomic E-state index is -0.961. The van der Waals surface area contributed by atoms with Crippen LogP contribution in [0.25, 0.3) is 0 Å². The Kier molecular flexibility index (Phi) is 4.17. The number of ether oxygens (including phenoxy) is 1. The number of aliphatic carboxylic acids is 1. The minimum Gasteiger partial charge on any atom is -0.480 e. The van der Waals surface area contributed by atoms with Gasteiger partial charge in [-0.2, -0.15) is 0 Å². The third-order valence-electron chi connectivity index (χ3n) is 3.27. The summed E-state index contributed by atoms with van der Waals surface area (Å²) in [7, 11) is 0. The molecule has 0 aromatic rings. The predicted octanol–water partition coefficient (Wildman–Crippen LogP) is 2.89. The Morgan fingerprint density at radius 3 is 2.00 bits per heavy atom. The molecule has 1 aliphatic rings. The molecule has 1 fully saturated rings. The summed E-state index contributed by atoms with van der Waals surface area (Å²) in [4.78, 5) is 25.0. The van der Waals surface area contributed by atoms with Gasteiger partial charge in [-0.3, -0.25) is 4.90 Å². The molecule has 1 aliphatic heterocycles. The number of carbonyl (C=O) groups is 2. The van der Waals surface area contributed by atoms with Gasteiger partial charge in [0.25, 0.3) is 0 Å². The van der Waals surface area contributed by atoms with Crippen LogP contribution in [0.5, 0.6) is 0 Å². The number of amides is 1. The van der Waals surface area contributed by atoms with Crippen LogP contribution in [0.1, 0.15) is 54.4 Å². The number of carboxylic acids is 1. The number of rotatable bonds is 1. The van der Waals surface area contributed by atoms with Gasteiger partial charge in [-0.05, 0) is 39.0 Å². The highest BCUT2D eigenvalue weighted by molar-refractivity contribution is 5.81. The van der Waals surface area contributed by atoms with E-state index in [4.69, 9.17) is 4.74 Å². The van der Waals surface area contributed by atoms with Crippen molar-refractivity contribution in [1.82, 2.24) is 4.90 Å². The molecule has 19 heavy (non-hydrogen) atoms. The number of nitrogens with zero attached hydrogens (tertiary/aromatic N) is 1. The number of hydrogen-bond donors (Lipinski definition) is 1. The molecular formula is C14H25NO4. The zero-order valence-corrected chi connectivity index (χ0v) is 12.7. The van der Waals surface area contributed by atoms with Gasteiger partial charge in [0.15, 0.2) is 0 Å². The van der Waals surface area contributed by atoms with Crippen molar-refractivity contribution < 1.29 is 19.4 Å². The lowest BCUT2D eigenvalue weighted by molar-refractivity contribution is -0.143. The molecule has 2 atom stereocenters. The highest BCUT2D eigenvalue weighted by Gasteiger charge is 2.47. The molecule has 1 N–H and O–H groups in total. The second kappa shape index (κ2) is 5.02. The fourth-order valence-corrected chi connectivity index (χ4v) is 2.47. The lowest BCUT2D eigenvalue weighted by Gasteiger charge is -2.37. The normalized spacial score (nSPS) is 24.4. The van der Waals surface area contributed by atoms with E-state index in [0.29, 0.717) is 12.8 Å². The molecule has 1 amide bonds. The molecule has 5 nitrogen and oxygen atoms in total. The summed E-state index contributed by atoms with van der Waals surface area (Å²) in [6, 6.07) is -0.887. The molecule has 0 bridgehead atoms. The van der Waals surface area contributed by atoms with E-state index in [9.17, 15) is 14.7 Å². The Morgan fingerprint density at radius 2 is 1.63 bits per heavy atom. The second-order valence-corrected chi connectivity index (χ2v) is 7.20.